The molecule has 0 bridgehead atoms. The lowest BCUT2D eigenvalue weighted by atomic mass is 9.80. The van der Waals surface area contributed by atoms with Crippen LogP contribution in [0.4, 0.5) is 0 Å². The van der Waals surface area contributed by atoms with Crippen molar-refractivity contribution >= 4 is 5.91 Å². The molecule has 0 spiro atoms. The maximum absolute atomic E-state index is 12.0. The molecule has 0 radical (unpaired) electrons. The largest absolute Gasteiger partial charge is 0.342 e. The fourth-order valence-electron chi connectivity index (χ4n) is 1.95. The van der Waals surface area contributed by atoms with E-state index in [1.807, 2.05) is 4.90 Å². The molecule has 2 atom stereocenters. The van der Waals surface area contributed by atoms with Crippen molar-refractivity contribution in [1.82, 2.24) is 4.90 Å². The van der Waals surface area contributed by atoms with E-state index in [0.29, 0.717) is 30.7 Å². The first-order valence-corrected chi connectivity index (χ1v) is 6.32. The molecule has 0 aliphatic carbocycles. The highest BCUT2D eigenvalue weighted by molar-refractivity contribution is 5.76. The van der Waals surface area contributed by atoms with E-state index in [-0.39, 0.29) is 5.41 Å². The Morgan fingerprint density at radius 3 is 2.56 bits per heavy atom. The predicted octanol–water partition coefficient (Wildman–Crippen LogP) is 1.87. The highest BCUT2D eigenvalue weighted by Gasteiger charge is 2.29. The molecular weight excluding hydrogens is 200 g/mol. The van der Waals surface area contributed by atoms with Crippen molar-refractivity contribution in [2.75, 3.05) is 19.6 Å². The van der Waals surface area contributed by atoms with Crippen LogP contribution >= 0.6 is 0 Å². The van der Waals surface area contributed by atoms with Gasteiger partial charge in [0.25, 0.3) is 0 Å². The quantitative estimate of drug-likeness (QED) is 0.798. The molecule has 2 unspecified atom stereocenters. The molecular formula is C13H26N2O. The van der Waals surface area contributed by atoms with Gasteiger partial charge in [-0.2, -0.15) is 0 Å². The molecule has 0 aromatic rings. The van der Waals surface area contributed by atoms with E-state index in [1.165, 1.54) is 0 Å². The molecule has 1 saturated heterocycles. The Labute approximate surface area is 99.4 Å². The van der Waals surface area contributed by atoms with Gasteiger partial charge < -0.3 is 10.6 Å². The summed E-state index contributed by atoms with van der Waals surface area (Å²) in [5.74, 6) is 1.25. The van der Waals surface area contributed by atoms with Gasteiger partial charge in [0.05, 0.1) is 0 Å². The Morgan fingerprint density at radius 2 is 2.12 bits per heavy atom. The number of carbonyl (C=O) groups excluding carboxylic acids is 1. The fraction of sp³-hybridized carbons (Fsp3) is 0.923. The number of carbonyl (C=O) groups is 1. The Balaban J connectivity index is 2.42. The van der Waals surface area contributed by atoms with Gasteiger partial charge in [0.15, 0.2) is 0 Å². The van der Waals surface area contributed by atoms with Gasteiger partial charge in [-0.15, -0.1) is 0 Å². The van der Waals surface area contributed by atoms with Crippen LogP contribution in [0.1, 0.15) is 40.5 Å². The van der Waals surface area contributed by atoms with Gasteiger partial charge in [0.1, 0.15) is 0 Å². The van der Waals surface area contributed by atoms with Gasteiger partial charge in [-0.1, -0.05) is 27.7 Å². The summed E-state index contributed by atoms with van der Waals surface area (Å²) in [7, 11) is 0. The maximum Gasteiger partial charge on any atom is 0.222 e. The van der Waals surface area contributed by atoms with Crippen LogP contribution in [0, 0.1) is 17.3 Å². The molecule has 1 fully saturated rings. The van der Waals surface area contributed by atoms with E-state index in [0.717, 1.165) is 19.5 Å². The third-order valence-electron chi connectivity index (χ3n) is 3.93. The molecule has 1 aliphatic rings. The van der Waals surface area contributed by atoms with Gasteiger partial charge in [-0.3, -0.25) is 4.79 Å². The third kappa shape index (κ3) is 3.48. The minimum absolute atomic E-state index is 0.211. The van der Waals surface area contributed by atoms with Crippen molar-refractivity contribution in [2.24, 2.45) is 23.0 Å². The summed E-state index contributed by atoms with van der Waals surface area (Å²) in [6.45, 7) is 11.2. The van der Waals surface area contributed by atoms with Crippen molar-refractivity contribution in [2.45, 2.75) is 40.5 Å². The smallest absolute Gasteiger partial charge is 0.222 e. The number of rotatable bonds is 3. The van der Waals surface area contributed by atoms with E-state index in [4.69, 9.17) is 5.73 Å². The molecule has 0 saturated carbocycles. The van der Waals surface area contributed by atoms with Gasteiger partial charge in [0.2, 0.25) is 5.91 Å². The van der Waals surface area contributed by atoms with Gasteiger partial charge in [-0.05, 0) is 30.2 Å². The number of amides is 1. The Bertz CT molecular complexity index is 245. The van der Waals surface area contributed by atoms with E-state index in [2.05, 4.69) is 27.7 Å². The van der Waals surface area contributed by atoms with Crippen LogP contribution in [0.2, 0.25) is 0 Å². The summed E-state index contributed by atoms with van der Waals surface area (Å²) >= 11 is 0. The summed E-state index contributed by atoms with van der Waals surface area (Å²) in [4.78, 5) is 14.0. The lowest BCUT2D eigenvalue weighted by molar-refractivity contribution is -0.132. The number of nitrogens with two attached hydrogens (primary N) is 1. The van der Waals surface area contributed by atoms with E-state index < -0.39 is 0 Å². The molecule has 0 aromatic carbocycles. The standard InChI is InChI=1S/C13H26N2O/c1-10(13(2,3)4)7-12(16)15-6-5-11(8-14)9-15/h10-11H,5-9,14H2,1-4H3. The Hall–Kier alpha value is -0.570. The highest BCUT2D eigenvalue weighted by Crippen LogP contribution is 2.29. The minimum atomic E-state index is 0.211. The van der Waals surface area contributed by atoms with Crippen molar-refractivity contribution in [3.05, 3.63) is 0 Å². The van der Waals surface area contributed by atoms with Crippen LogP contribution in [0.25, 0.3) is 0 Å². The zero-order chi connectivity index (χ0) is 12.3. The molecule has 3 nitrogen and oxygen atoms in total. The van der Waals surface area contributed by atoms with Gasteiger partial charge in [0, 0.05) is 19.5 Å². The monoisotopic (exact) mass is 226 g/mol. The Kier molecular flexibility index (Phi) is 4.36. The van der Waals surface area contributed by atoms with E-state index in [9.17, 15) is 4.79 Å². The van der Waals surface area contributed by atoms with Crippen molar-refractivity contribution in [3.8, 4) is 0 Å². The summed E-state index contributed by atoms with van der Waals surface area (Å²) < 4.78 is 0. The first-order valence-electron chi connectivity index (χ1n) is 6.32. The molecule has 2 N–H and O–H groups in total. The number of nitrogens with zero attached hydrogens (tertiary/aromatic N) is 1. The minimum Gasteiger partial charge on any atom is -0.342 e. The van der Waals surface area contributed by atoms with E-state index >= 15 is 0 Å². The summed E-state index contributed by atoms with van der Waals surface area (Å²) in [5, 5.41) is 0. The second-order valence-corrected chi connectivity index (χ2v) is 6.20. The van der Waals surface area contributed by atoms with Crippen molar-refractivity contribution in [1.29, 1.82) is 0 Å². The molecule has 1 heterocycles. The lowest BCUT2D eigenvalue weighted by Crippen LogP contribution is -2.33. The second-order valence-electron chi connectivity index (χ2n) is 6.20. The highest BCUT2D eigenvalue weighted by atomic mass is 16.2. The third-order valence-corrected chi connectivity index (χ3v) is 3.93. The van der Waals surface area contributed by atoms with Crippen LogP contribution in [-0.2, 0) is 4.79 Å². The second kappa shape index (κ2) is 5.17. The number of likely N-dealkylation sites (tertiary alicyclic amines) is 1. The molecule has 0 aromatic heterocycles. The molecule has 3 heteroatoms. The van der Waals surface area contributed by atoms with Crippen LogP contribution in [0.5, 0.6) is 0 Å². The first kappa shape index (κ1) is 13.5. The zero-order valence-corrected chi connectivity index (χ0v) is 11.1. The normalized spacial score (nSPS) is 23.6. The van der Waals surface area contributed by atoms with E-state index in [1.54, 1.807) is 0 Å². The van der Waals surface area contributed by atoms with Crippen molar-refractivity contribution < 1.29 is 4.79 Å². The molecule has 16 heavy (non-hydrogen) atoms. The van der Waals surface area contributed by atoms with Gasteiger partial charge >= 0.3 is 0 Å². The van der Waals surface area contributed by atoms with Crippen LogP contribution in [-0.4, -0.2) is 30.4 Å². The first-order chi connectivity index (χ1) is 7.34. The van der Waals surface area contributed by atoms with Crippen LogP contribution in [0.15, 0.2) is 0 Å². The van der Waals surface area contributed by atoms with Crippen molar-refractivity contribution in [3.63, 3.8) is 0 Å². The van der Waals surface area contributed by atoms with Crippen LogP contribution < -0.4 is 5.73 Å². The summed E-state index contributed by atoms with van der Waals surface area (Å²) in [5.41, 5.74) is 5.84. The number of hydrogen-bond acceptors (Lipinski definition) is 2. The topological polar surface area (TPSA) is 46.3 Å². The predicted molar refractivity (Wildman–Crippen MR) is 67.0 cm³/mol. The Morgan fingerprint density at radius 1 is 1.50 bits per heavy atom. The molecule has 1 aliphatic heterocycles. The molecule has 94 valence electrons. The van der Waals surface area contributed by atoms with Crippen LogP contribution in [0.3, 0.4) is 0 Å². The number of hydrogen-bond donors (Lipinski definition) is 1. The average Bonchev–Trinajstić information content (AvgIpc) is 2.64. The molecule has 1 rings (SSSR count). The fourth-order valence-corrected chi connectivity index (χ4v) is 1.95. The maximum atomic E-state index is 12.0. The lowest BCUT2D eigenvalue weighted by Gasteiger charge is -2.28. The average molecular weight is 226 g/mol. The SMILES string of the molecule is CC(CC(=O)N1CCC(CN)C1)C(C)(C)C. The van der Waals surface area contributed by atoms with Gasteiger partial charge in [-0.25, -0.2) is 0 Å². The molecule has 1 amide bonds. The summed E-state index contributed by atoms with van der Waals surface area (Å²) in [6.07, 6.45) is 1.74. The zero-order valence-electron chi connectivity index (χ0n) is 11.1. The summed E-state index contributed by atoms with van der Waals surface area (Å²) in [6, 6.07) is 0.